The predicted octanol–water partition coefficient (Wildman–Crippen LogP) is 6.04. The van der Waals surface area contributed by atoms with E-state index in [1.165, 1.54) is 0 Å². The molecule has 0 bridgehead atoms. The molecule has 4 heterocycles. The average molecular weight is 693 g/mol. The minimum absolute atomic E-state index is 0.00771. The number of nitrogens with one attached hydrogen (secondary N) is 2. The van der Waals surface area contributed by atoms with Gasteiger partial charge in [-0.3, -0.25) is 14.5 Å². The summed E-state index contributed by atoms with van der Waals surface area (Å²) in [5.74, 6) is -0.748. The van der Waals surface area contributed by atoms with Crippen molar-refractivity contribution in [2.24, 2.45) is 0 Å². The number of halogens is 1. The maximum absolute atomic E-state index is 14.4. The Labute approximate surface area is 295 Å². The molecule has 1 aliphatic heterocycles. The van der Waals surface area contributed by atoms with Crippen molar-refractivity contribution in [2.75, 3.05) is 26.3 Å². The second-order valence-electron chi connectivity index (χ2n) is 13.2. The number of benzene rings is 2. The molecule has 2 amide bonds. The fourth-order valence-electron chi connectivity index (χ4n) is 6.86. The number of aromatic nitrogens is 3. The first kappa shape index (κ1) is 34.1. The van der Waals surface area contributed by atoms with E-state index in [1.54, 1.807) is 24.4 Å². The van der Waals surface area contributed by atoms with Crippen LogP contribution in [0.25, 0.3) is 16.8 Å². The van der Waals surface area contributed by atoms with E-state index in [9.17, 15) is 19.1 Å². The predicted molar refractivity (Wildman–Crippen MR) is 189 cm³/mol. The molecule has 1 saturated heterocycles. The summed E-state index contributed by atoms with van der Waals surface area (Å²) in [7, 11) is 0. The van der Waals surface area contributed by atoms with Crippen molar-refractivity contribution in [1.29, 1.82) is 0 Å². The number of ether oxygens (including phenoxy) is 2. The molecule has 12 heteroatoms. The number of carbonyl (C=O) groups excluding carboxylic acids is 2. The van der Waals surface area contributed by atoms with E-state index < -0.39 is 11.7 Å². The number of fused-ring (bicyclic) bond motifs is 1. The highest BCUT2D eigenvalue weighted by atomic mass is 19.1. The lowest BCUT2D eigenvalue weighted by atomic mass is 9.91. The van der Waals surface area contributed by atoms with E-state index in [0.29, 0.717) is 50.3 Å². The van der Waals surface area contributed by atoms with Crippen LogP contribution in [0.1, 0.15) is 64.2 Å². The first-order valence-electron chi connectivity index (χ1n) is 17.4. The summed E-state index contributed by atoms with van der Waals surface area (Å²) in [6, 6.07) is 19.4. The molecule has 5 aromatic rings. The minimum atomic E-state index is -0.651. The summed E-state index contributed by atoms with van der Waals surface area (Å²) in [6.45, 7) is 5.73. The molecule has 0 radical (unpaired) electrons. The number of hydrogen-bond acceptors (Lipinski definition) is 8. The summed E-state index contributed by atoms with van der Waals surface area (Å²) >= 11 is 0. The number of aromatic hydroxyl groups is 1. The zero-order valence-electron chi connectivity index (χ0n) is 28.5. The Morgan fingerprint density at radius 3 is 2.55 bits per heavy atom. The van der Waals surface area contributed by atoms with Crippen LogP contribution in [0.15, 0.2) is 79.1 Å². The van der Waals surface area contributed by atoms with Gasteiger partial charge in [-0.2, -0.15) is 0 Å². The van der Waals surface area contributed by atoms with Gasteiger partial charge in [-0.25, -0.2) is 14.4 Å². The van der Waals surface area contributed by atoms with Gasteiger partial charge >= 0.3 is 0 Å². The Kier molecular flexibility index (Phi) is 10.2. The average Bonchev–Trinajstić information content (AvgIpc) is 3.42. The van der Waals surface area contributed by atoms with Gasteiger partial charge in [0.2, 0.25) is 5.88 Å². The normalized spacial score (nSPS) is 18.2. The largest absolute Gasteiger partial charge is 0.508 e. The van der Waals surface area contributed by atoms with Gasteiger partial charge in [-0.05, 0) is 98.2 Å². The molecular formula is C39H41FN6O5. The fraction of sp³-hybridized carbons (Fsp3) is 0.333. The molecule has 11 nitrogen and oxygen atoms in total. The van der Waals surface area contributed by atoms with Gasteiger partial charge in [0, 0.05) is 50.2 Å². The van der Waals surface area contributed by atoms with Gasteiger partial charge in [-0.15, -0.1) is 0 Å². The zero-order chi connectivity index (χ0) is 35.3. The Balaban J connectivity index is 0.995. The van der Waals surface area contributed by atoms with Crippen molar-refractivity contribution in [1.82, 2.24) is 29.9 Å². The number of amides is 2. The molecule has 1 saturated carbocycles. The van der Waals surface area contributed by atoms with Crippen molar-refractivity contribution in [3.63, 3.8) is 0 Å². The van der Waals surface area contributed by atoms with Crippen LogP contribution in [0, 0.1) is 12.7 Å². The number of carbonyl (C=O) groups is 2. The second-order valence-corrected chi connectivity index (χ2v) is 13.2. The van der Waals surface area contributed by atoms with Crippen molar-refractivity contribution in [3.8, 4) is 28.5 Å². The van der Waals surface area contributed by atoms with Gasteiger partial charge in [-0.1, -0.05) is 24.3 Å². The van der Waals surface area contributed by atoms with E-state index in [0.717, 1.165) is 66.4 Å². The van der Waals surface area contributed by atoms with Crippen molar-refractivity contribution >= 4 is 17.5 Å². The van der Waals surface area contributed by atoms with E-state index in [2.05, 4.69) is 25.5 Å². The summed E-state index contributed by atoms with van der Waals surface area (Å²) in [4.78, 5) is 37.3. The van der Waals surface area contributed by atoms with Crippen LogP contribution in [-0.2, 0) is 11.3 Å². The third-order valence-corrected chi connectivity index (χ3v) is 9.55. The highest BCUT2D eigenvalue weighted by Crippen LogP contribution is 2.33. The number of aryl methyl sites for hydroxylation is 1. The first-order valence-corrected chi connectivity index (χ1v) is 17.4. The lowest BCUT2D eigenvalue weighted by Gasteiger charge is -2.29. The third-order valence-electron chi connectivity index (χ3n) is 9.55. The van der Waals surface area contributed by atoms with Gasteiger partial charge in [0.05, 0.1) is 12.8 Å². The summed E-state index contributed by atoms with van der Waals surface area (Å²) in [5, 5.41) is 16.4. The molecule has 7 rings (SSSR count). The molecule has 3 N–H and O–H groups in total. The number of nitrogens with zero attached hydrogens (tertiary/aromatic N) is 4. The highest BCUT2D eigenvalue weighted by Gasteiger charge is 2.27. The lowest BCUT2D eigenvalue weighted by Crippen LogP contribution is -2.44. The van der Waals surface area contributed by atoms with Gasteiger partial charge in [0.1, 0.15) is 34.2 Å². The first-order chi connectivity index (χ1) is 24.8. The fourth-order valence-corrected chi connectivity index (χ4v) is 6.86. The van der Waals surface area contributed by atoms with Crippen LogP contribution in [0.2, 0.25) is 0 Å². The zero-order valence-corrected chi connectivity index (χ0v) is 28.5. The second kappa shape index (κ2) is 15.3. The van der Waals surface area contributed by atoms with Crippen LogP contribution in [-0.4, -0.2) is 74.6 Å². The topological polar surface area (TPSA) is 130 Å². The van der Waals surface area contributed by atoms with E-state index in [4.69, 9.17) is 9.47 Å². The number of imidazole rings is 1. The van der Waals surface area contributed by atoms with Crippen LogP contribution in [0.5, 0.6) is 17.4 Å². The Morgan fingerprint density at radius 1 is 0.961 bits per heavy atom. The number of phenolic OH excluding ortho intramolecular Hbond substituents is 1. The maximum Gasteiger partial charge on any atom is 0.271 e. The minimum Gasteiger partial charge on any atom is -0.508 e. The summed E-state index contributed by atoms with van der Waals surface area (Å²) < 4.78 is 28.1. The number of phenols is 1. The SMILES string of the molecule is Cc1cccc2nc(C(=O)N[C@H]3CC[C@H](NC(=O)c4cc(F)cnc4Oc4cccc(-c5ccc(O)cc5CN5CCCOCC5)c4)CC3)cn12. The van der Waals surface area contributed by atoms with Crippen molar-refractivity contribution in [3.05, 3.63) is 107 Å². The standard InChI is InChI=1S/C39H41FN6O5/c1-25-5-2-8-36-44-35(24-46(25)36)38(49)43-30-11-9-29(10-12-30)42-37(48)34-21-28(40)22-41-39(34)51-32-7-3-6-26(20-32)33-14-13-31(47)19-27(33)23-45-15-4-17-50-18-16-45/h2-3,5-8,13-14,19-22,24,29-30,47H,4,9-12,15-18,23H2,1H3,(H,42,48)(H,43,49)/t29-,30-. The maximum atomic E-state index is 14.4. The van der Waals surface area contributed by atoms with Crippen LogP contribution in [0.3, 0.4) is 0 Å². The molecular weight excluding hydrogens is 651 g/mol. The van der Waals surface area contributed by atoms with Gasteiger partial charge in [0.25, 0.3) is 11.8 Å². The summed E-state index contributed by atoms with van der Waals surface area (Å²) in [5.41, 5.74) is 4.83. The molecule has 2 aliphatic rings. The van der Waals surface area contributed by atoms with Crippen LogP contribution in [0.4, 0.5) is 4.39 Å². The molecule has 1 aliphatic carbocycles. The smallest absolute Gasteiger partial charge is 0.271 e. The molecule has 0 atom stereocenters. The molecule has 0 spiro atoms. The molecule has 2 aromatic carbocycles. The number of pyridine rings is 2. The van der Waals surface area contributed by atoms with E-state index in [1.807, 2.05) is 53.8 Å². The van der Waals surface area contributed by atoms with E-state index in [-0.39, 0.29) is 35.2 Å². The highest BCUT2D eigenvalue weighted by molar-refractivity contribution is 5.96. The Morgan fingerprint density at radius 2 is 1.75 bits per heavy atom. The molecule has 0 unspecified atom stereocenters. The monoisotopic (exact) mass is 692 g/mol. The van der Waals surface area contributed by atoms with Crippen molar-refractivity contribution < 1.29 is 28.6 Å². The lowest BCUT2D eigenvalue weighted by molar-refractivity contribution is 0.0888. The molecule has 2 fully saturated rings. The number of rotatable bonds is 9. The molecule has 264 valence electrons. The third kappa shape index (κ3) is 8.19. The van der Waals surface area contributed by atoms with Crippen molar-refractivity contribution in [2.45, 2.75) is 57.7 Å². The number of hydrogen-bond donors (Lipinski definition) is 3. The van der Waals surface area contributed by atoms with Crippen LogP contribution < -0.4 is 15.4 Å². The Hall–Kier alpha value is -5.33. The van der Waals surface area contributed by atoms with Gasteiger partial charge < -0.3 is 29.6 Å². The Bertz CT molecular complexity index is 2030. The summed E-state index contributed by atoms with van der Waals surface area (Å²) in [6.07, 6.45) is 6.34. The quantitative estimate of drug-likeness (QED) is 0.171. The van der Waals surface area contributed by atoms with Crippen LogP contribution >= 0.6 is 0 Å². The molecule has 51 heavy (non-hydrogen) atoms. The van der Waals surface area contributed by atoms with Gasteiger partial charge in [0.15, 0.2) is 0 Å². The van der Waals surface area contributed by atoms with E-state index >= 15 is 0 Å². The molecule has 3 aromatic heterocycles.